The van der Waals surface area contributed by atoms with E-state index in [1.54, 1.807) is 18.2 Å². The van der Waals surface area contributed by atoms with Gasteiger partial charge in [-0.25, -0.2) is 9.37 Å². The molecule has 0 bridgehead atoms. The highest BCUT2D eigenvalue weighted by Gasteiger charge is 2.31. The number of nitrogens with one attached hydrogen (secondary N) is 1. The highest BCUT2D eigenvalue weighted by molar-refractivity contribution is 5.69. The van der Waals surface area contributed by atoms with E-state index in [4.69, 9.17) is 15.2 Å². The predicted molar refractivity (Wildman–Crippen MR) is 102 cm³/mol. The maximum Gasteiger partial charge on any atom is 0.416 e. The second-order valence-electron chi connectivity index (χ2n) is 6.66. The molecule has 0 atom stereocenters. The fraction of sp³-hybridized carbons (Fsp3) is 0.200. The molecule has 30 heavy (non-hydrogen) atoms. The molecule has 1 aliphatic heterocycles. The third-order valence-corrected chi connectivity index (χ3v) is 4.35. The van der Waals surface area contributed by atoms with Crippen LogP contribution in [0.25, 0.3) is 11.3 Å². The van der Waals surface area contributed by atoms with E-state index in [-0.39, 0.29) is 17.3 Å². The maximum absolute atomic E-state index is 14.6. The number of hydrogen-bond acceptors (Lipinski definition) is 6. The molecular weight excluding hydrogens is 404 g/mol. The van der Waals surface area contributed by atoms with Crippen molar-refractivity contribution in [3.8, 4) is 22.8 Å². The van der Waals surface area contributed by atoms with Crippen LogP contribution in [0, 0.1) is 12.7 Å². The quantitative estimate of drug-likeness (QED) is 0.598. The number of nitrogens with zero attached hydrogens (tertiary/aromatic N) is 2. The first-order valence-electron chi connectivity index (χ1n) is 8.89. The summed E-state index contributed by atoms with van der Waals surface area (Å²) in [7, 11) is 0. The minimum Gasteiger partial charge on any atom is -0.486 e. The Labute approximate surface area is 168 Å². The Morgan fingerprint density at radius 1 is 1.00 bits per heavy atom. The first-order valence-corrected chi connectivity index (χ1v) is 8.89. The van der Waals surface area contributed by atoms with Crippen LogP contribution in [0.5, 0.6) is 11.5 Å². The van der Waals surface area contributed by atoms with Gasteiger partial charge in [0.25, 0.3) is 0 Å². The number of ether oxygens (including phenoxy) is 2. The standard InChI is InChI=1S/C20H16F4N4O2/c1-10-6-12(20(22,23)24)9-13(7-10)26-19-27-17(16(21)18(25)28-19)11-2-3-14-15(8-11)30-5-4-29-14/h2-3,6-9H,4-5H2,1H3,(H3,25,26,27,28). The molecule has 3 aromatic rings. The second-order valence-corrected chi connectivity index (χ2v) is 6.66. The summed E-state index contributed by atoms with van der Waals surface area (Å²) in [5.41, 5.74) is 5.57. The number of hydrogen-bond donors (Lipinski definition) is 2. The van der Waals surface area contributed by atoms with Gasteiger partial charge in [0.2, 0.25) is 5.95 Å². The maximum atomic E-state index is 14.6. The van der Waals surface area contributed by atoms with Crippen LogP contribution in [-0.2, 0) is 6.18 Å². The molecule has 2 heterocycles. The van der Waals surface area contributed by atoms with Crippen LogP contribution in [0.2, 0.25) is 0 Å². The van der Waals surface area contributed by atoms with Gasteiger partial charge in [-0.2, -0.15) is 18.2 Å². The van der Waals surface area contributed by atoms with Gasteiger partial charge < -0.3 is 20.5 Å². The SMILES string of the molecule is Cc1cc(Nc2nc(N)c(F)c(-c3ccc4c(c3)OCCO4)n2)cc(C(F)(F)F)c1. The van der Waals surface area contributed by atoms with Gasteiger partial charge in [0.1, 0.15) is 18.9 Å². The van der Waals surface area contributed by atoms with Crippen molar-refractivity contribution >= 4 is 17.5 Å². The summed E-state index contributed by atoms with van der Waals surface area (Å²) >= 11 is 0. The molecule has 3 N–H and O–H groups in total. The monoisotopic (exact) mass is 420 g/mol. The third-order valence-electron chi connectivity index (χ3n) is 4.35. The highest BCUT2D eigenvalue weighted by Crippen LogP contribution is 2.36. The summed E-state index contributed by atoms with van der Waals surface area (Å²) in [4.78, 5) is 7.92. The number of alkyl halides is 3. The van der Waals surface area contributed by atoms with Crippen molar-refractivity contribution in [1.29, 1.82) is 0 Å². The smallest absolute Gasteiger partial charge is 0.416 e. The molecule has 2 aromatic carbocycles. The van der Waals surface area contributed by atoms with Crippen LogP contribution in [0.3, 0.4) is 0 Å². The first kappa shape index (κ1) is 19.7. The van der Waals surface area contributed by atoms with E-state index in [0.717, 1.165) is 12.1 Å². The molecule has 0 unspecified atom stereocenters. The minimum atomic E-state index is -4.51. The number of aromatic nitrogens is 2. The topological polar surface area (TPSA) is 82.3 Å². The third kappa shape index (κ3) is 3.93. The lowest BCUT2D eigenvalue weighted by molar-refractivity contribution is -0.137. The number of nitrogen functional groups attached to an aromatic ring is 1. The Morgan fingerprint density at radius 3 is 2.47 bits per heavy atom. The fourth-order valence-electron chi connectivity index (χ4n) is 3.05. The van der Waals surface area contributed by atoms with Crippen molar-refractivity contribution in [2.75, 3.05) is 24.3 Å². The second kappa shape index (κ2) is 7.36. The zero-order chi connectivity index (χ0) is 21.5. The predicted octanol–water partition coefficient (Wildman–Crippen LogP) is 4.71. The molecule has 0 aliphatic carbocycles. The molecule has 10 heteroatoms. The van der Waals surface area contributed by atoms with Crippen molar-refractivity contribution in [3.05, 3.63) is 53.3 Å². The number of anilines is 3. The number of nitrogens with two attached hydrogens (primary N) is 1. The van der Waals surface area contributed by atoms with Crippen molar-refractivity contribution in [2.45, 2.75) is 13.1 Å². The van der Waals surface area contributed by atoms with Crippen LogP contribution in [0.15, 0.2) is 36.4 Å². The summed E-state index contributed by atoms with van der Waals surface area (Å²) in [5, 5.41) is 2.67. The number of halogens is 4. The fourth-order valence-corrected chi connectivity index (χ4v) is 3.05. The molecule has 1 aliphatic rings. The molecule has 4 rings (SSSR count). The van der Waals surface area contributed by atoms with E-state index in [0.29, 0.717) is 35.8 Å². The summed E-state index contributed by atoms with van der Waals surface area (Å²) in [6.07, 6.45) is -4.51. The zero-order valence-electron chi connectivity index (χ0n) is 15.7. The van der Waals surface area contributed by atoms with E-state index >= 15 is 0 Å². The van der Waals surface area contributed by atoms with Gasteiger partial charge in [0, 0.05) is 11.3 Å². The largest absolute Gasteiger partial charge is 0.486 e. The average molecular weight is 420 g/mol. The summed E-state index contributed by atoms with van der Waals surface area (Å²) in [6, 6.07) is 8.17. The van der Waals surface area contributed by atoms with Crippen LogP contribution in [0.1, 0.15) is 11.1 Å². The number of rotatable bonds is 3. The molecule has 6 nitrogen and oxygen atoms in total. The van der Waals surface area contributed by atoms with Crippen molar-refractivity contribution in [1.82, 2.24) is 9.97 Å². The average Bonchev–Trinajstić information content (AvgIpc) is 2.69. The van der Waals surface area contributed by atoms with Gasteiger partial charge >= 0.3 is 6.18 Å². The normalized spacial score (nSPS) is 13.2. The summed E-state index contributed by atoms with van der Waals surface area (Å²) in [6.45, 7) is 2.29. The lowest BCUT2D eigenvalue weighted by atomic mass is 10.1. The number of benzene rings is 2. The van der Waals surface area contributed by atoms with Gasteiger partial charge in [0.05, 0.1) is 5.56 Å². The molecule has 1 aromatic heterocycles. The molecule has 0 radical (unpaired) electrons. The number of fused-ring (bicyclic) bond motifs is 1. The van der Waals surface area contributed by atoms with Crippen molar-refractivity contribution in [3.63, 3.8) is 0 Å². The Hall–Kier alpha value is -3.56. The highest BCUT2D eigenvalue weighted by atomic mass is 19.4. The molecule has 0 fully saturated rings. The van der Waals surface area contributed by atoms with E-state index in [1.807, 2.05) is 0 Å². The van der Waals surface area contributed by atoms with Gasteiger partial charge in [-0.1, -0.05) is 0 Å². The van der Waals surface area contributed by atoms with Gasteiger partial charge in [-0.15, -0.1) is 0 Å². The first-order chi connectivity index (χ1) is 14.2. The Kier molecular flexibility index (Phi) is 4.84. The van der Waals surface area contributed by atoms with Gasteiger partial charge in [-0.3, -0.25) is 0 Å². The van der Waals surface area contributed by atoms with E-state index < -0.39 is 23.4 Å². The Morgan fingerprint density at radius 2 is 1.73 bits per heavy atom. The van der Waals surface area contributed by atoms with Crippen LogP contribution < -0.4 is 20.5 Å². The van der Waals surface area contributed by atoms with Gasteiger partial charge in [0.15, 0.2) is 23.1 Å². The van der Waals surface area contributed by atoms with Crippen molar-refractivity contribution in [2.24, 2.45) is 0 Å². The number of aryl methyl sites for hydroxylation is 1. The van der Waals surface area contributed by atoms with Crippen LogP contribution in [-0.4, -0.2) is 23.2 Å². The summed E-state index contributed by atoms with van der Waals surface area (Å²) in [5.74, 6) is -0.486. The summed E-state index contributed by atoms with van der Waals surface area (Å²) < 4.78 is 64.8. The molecule has 0 saturated carbocycles. The van der Waals surface area contributed by atoms with E-state index in [2.05, 4.69) is 15.3 Å². The van der Waals surface area contributed by atoms with Crippen LogP contribution >= 0.6 is 0 Å². The zero-order valence-corrected chi connectivity index (χ0v) is 15.7. The lowest BCUT2D eigenvalue weighted by Gasteiger charge is -2.19. The lowest BCUT2D eigenvalue weighted by Crippen LogP contribution is -2.15. The minimum absolute atomic E-state index is 0.0986. The molecular formula is C20H16F4N4O2. The Bertz CT molecular complexity index is 1120. The Balaban J connectivity index is 1.72. The van der Waals surface area contributed by atoms with Gasteiger partial charge in [-0.05, 0) is 48.9 Å². The van der Waals surface area contributed by atoms with Crippen LogP contribution in [0.4, 0.5) is 35.0 Å². The molecule has 0 amide bonds. The molecule has 0 spiro atoms. The molecule has 156 valence electrons. The molecule has 0 saturated heterocycles. The van der Waals surface area contributed by atoms with E-state index in [1.165, 1.54) is 13.0 Å². The van der Waals surface area contributed by atoms with Crippen molar-refractivity contribution < 1.29 is 27.0 Å². The van der Waals surface area contributed by atoms with E-state index in [9.17, 15) is 17.6 Å².